The second kappa shape index (κ2) is 20.1. The smallest absolute Gasteiger partial charge is 0.407 e. The van der Waals surface area contributed by atoms with Gasteiger partial charge in [0, 0.05) is 17.4 Å². The molecular formula is C45H44N2O8S. The van der Waals surface area contributed by atoms with Crippen LogP contribution in [0.25, 0.3) is 11.1 Å². The van der Waals surface area contributed by atoms with Crippen LogP contribution in [0.1, 0.15) is 40.7 Å². The number of carbonyl (C=O) groups is 4. The van der Waals surface area contributed by atoms with E-state index < -0.39 is 42.1 Å². The van der Waals surface area contributed by atoms with E-state index in [1.54, 1.807) is 0 Å². The number of rotatable bonds is 18. The Morgan fingerprint density at radius 1 is 0.571 bits per heavy atom. The van der Waals surface area contributed by atoms with Gasteiger partial charge in [0.25, 0.3) is 0 Å². The van der Waals surface area contributed by atoms with E-state index in [0.717, 1.165) is 38.9 Å². The van der Waals surface area contributed by atoms with E-state index in [1.807, 2.05) is 140 Å². The topological polar surface area (TPSA) is 129 Å². The third-order valence-corrected chi connectivity index (χ3v) is 10.3. The van der Waals surface area contributed by atoms with Gasteiger partial charge in [-0.25, -0.2) is 14.4 Å². The molecule has 10 nitrogen and oxygen atoms in total. The Labute approximate surface area is 330 Å². The second-order valence-corrected chi connectivity index (χ2v) is 14.3. The summed E-state index contributed by atoms with van der Waals surface area (Å²) in [6.07, 6.45) is -1.78. The van der Waals surface area contributed by atoms with Crippen molar-refractivity contribution in [2.75, 3.05) is 18.1 Å². The van der Waals surface area contributed by atoms with Crippen LogP contribution in [0.2, 0.25) is 0 Å². The average molecular weight is 773 g/mol. The Morgan fingerprint density at radius 3 is 1.61 bits per heavy atom. The number of hydrogen-bond donors (Lipinski definition) is 2. The number of esters is 2. The molecule has 5 aromatic rings. The first-order chi connectivity index (χ1) is 27.4. The average Bonchev–Trinajstić information content (AvgIpc) is 3.56. The van der Waals surface area contributed by atoms with Gasteiger partial charge in [-0.05, 0) is 45.9 Å². The van der Waals surface area contributed by atoms with Crippen molar-refractivity contribution in [2.24, 2.45) is 0 Å². The molecule has 0 saturated heterocycles. The number of amides is 2. The van der Waals surface area contributed by atoms with Crippen molar-refractivity contribution >= 4 is 35.7 Å². The quantitative estimate of drug-likeness (QED) is 0.0702. The van der Waals surface area contributed by atoms with E-state index in [1.165, 1.54) is 18.7 Å². The van der Waals surface area contributed by atoms with Crippen molar-refractivity contribution in [1.82, 2.24) is 10.6 Å². The number of fused-ring (bicyclic) bond motifs is 3. The molecule has 6 rings (SSSR count). The number of alkyl carbamates (subject to hydrolysis) is 1. The molecular weight excluding hydrogens is 729 g/mol. The van der Waals surface area contributed by atoms with Crippen LogP contribution >= 0.6 is 11.8 Å². The minimum Gasteiger partial charge on any atom is -0.459 e. The monoisotopic (exact) mass is 772 g/mol. The molecule has 3 atom stereocenters. The molecule has 0 saturated carbocycles. The molecule has 56 heavy (non-hydrogen) atoms. The summed E-state index contributed by atoms with van der Waals surface area (Å²) in [5.41, 5.74) is 6.79. The van der Waals surface area contributed by atoms with Crippen molar-refractivity contribution in [2.45, 2.75) is 50.8 Å². The fourth-order valence-electron chi connectivity index (χ4n) is 6.26. The number of thioether (sulfide) groups is 1. The molecule has 0 bridgehead atoms. The molecule has 288 valence electrons. The summed E-state index contributed by atoms with van der Waals surface area (Å²) < 4.78 is 22.8. The summed E-state index contributed by atoms with van der Waals surface area (Å²) in [7, 11) is 0. The molecule has 0 heterocycles. The van der Waals surface area contributed by atoms with Gasteiger partial charge in [0.15, 0.2) is 6.10 Å². The van der Waals surface area contributed by atoms with Gasteiger partial charge in [-0.2, -0.15) is 11.8 Å². The summed E-state index contributed by atoms with van der Waals surface area (Å²) in [6.45, 7) is 1.84. The molecule has 11 heteroatoms. The fourth-order valence-corrected chi connectivity index (χ4v) is 7.31. The van der Waals surface area contributed by atoms with Crippen LogP contribution in [0.5, 0.6) is 0 Å². The van der Waals surface area contributed by atoms with Gasteiger partial charge in [0.1, 0.15) is 31.9 Å². The first-order valence-electron chi connectivity index (χ1n) is 18.4. The molecule has 1 unspecified atom stereocenters. The predicted molar refractivity (Wildman–Crippen MR) is 214 cm³/mol. The van der Waals surface area contributed by atoms with E-state index >= 15 is 0 Å². The van der Waals surface area contributed by atoms with Gasteiger partial charge in [-0.1, -0.05) is 140 Å². The second-order valence-electron chi connectivity index (χ2n) is 13.3. The maximum absolute atomic E-state index is 13.7. The van der Waals surface area contributed by atoms with Crippen molar-refractivity contribution < 1.29 is 38.1 Å². The molecule has 0 fully saturated rings. The van der Waals surface area contributed by atoms with E-state index in [0.29, 0.717) is 0 Å². The van der Waals surface area contributed by atoms with Gasteiger partial charge in [0.2, 0.25) is 5.91 Å². The summed E-state index contributed by atoms with van der Waals surface area (Å²) >= 11 is 1.22. The first kappa shape index (κ1) is 39.8. The van der Waals surface area contributed by atoms with Crippen LogP contribution < -0.4 is 10.6 Å². The zero-order valence-electron chi connectivity index (χ0n) is 31.0. The maximum Gasteiger partial charge on any atom is 0.407 e. The van der Waals surface area contributed by atoms with Crippen LogP contribution in [-0.4, -0.2) is 60.2 Å². The lowest BCUT2D eigenvalue weighted by Gasteiger charge is -2.22. The lowest BCUT2D eigenvalue weighted by atomic mass is 9.98. The predicted octanol–water partition coefficient (Wildman–Crippen LogP) is 7.20. The van der Waals surface area contributed by atoms with Gasteiger partial charge in [-0.3, -0.25) is 4.79 Å². The highest BCUT2D eigenvalue weighted by Gasteiger charge is 2.31. The number of carbonyl (C=O) groups excluding carboxylic acids is 4. The summed E-state index contributed by atoms with van der Waals surface area (Å²) in [5.74, 6) is -1.85. The van der Waals surface area contributed by atoms with Crippen LogP contribution in [0.15, 0.2) is 140 Å². The minimum absolute atomic E-state index is 0.0268. The van der Waals surface area contributed by atoms with Crippen molar-refractivity contribution in [3.8, 4) is 11.1 Å². The van der Waals surface area contributed by atoms with Gasteiger partial charge < -0.3 is 29.6 Å². The molecule has 0 spiro atoms. The molecule has 1 aliphatic rings. The van der Waals surface area contributed by atoms with Crippen LogP contribution in [0.3, 0.4) is 0 Å². The van der Waals surface area contributed by atoms with Crippen molar-refractivity contribution in [3.05, 3.63) is 167 Å². The summed E-state index contributed by atoms with van der Waals surface area (Å²) in [5, 5.41) is 5.37. The molecule has 0 aromatic heterocycles. The Morgan fingerprint density at radius 2 is 1.05 bits per heavy atom. The number of hydrogen-bond acceptors (Lipinski definition) is 9. The minimum atomic E-state index is -1.14. The first-order valence-corrected chi connectivity index (χ1v) is 19.6. The van der Waals surface area contributed by atoms with Crippen LogP contribution in [0, 0.1) is 0 Å². The summed E-state index contributed by atoms with van der Waals surface area (Å²) in [4.78, 5) is 53.3. The standard InChI is InChI=1S/C45H44N2O8S/c1-31(43(49)53-26-33-17-7-3-8-18-33)46-42(48)40(47-45(51)55-28-39-37-23-13-11-21-35(37)36-22-12-14-24-38(36)39)29-56-30-41(52-25-32-15-5-2-6-16-32)44(50)54-27-34-19-9-4-10-20-34/h2-24,31,39-41H,25-30H2,1H3,(H,46,48)(H,47,51)/t31-,40-,41?/m1/s1. The molecule has 0 radical (unpaired) electrons. The van der Waals surface area contributed by atoms with Crippen molar-refractivity contribution in [1.29, 1.82) is 0 Å². The van der Waals surface area contributed by atoms with Crippen molar-refractivity contribution in [3.63, 3.8) is 0 Å². The fraction of sp³-hybridized carbons (Fsp3) is 0.244. The molecule has 5 aromatic carbocycles. The van der Waals surface area contributed by atoms with Gasteiger partial charge in [0.05, 0.1) is 6.61 Å². The largest absolute Gasteiger partial charge is 0.459 e. The van der Waals surface area contributed by atoms with E-state index in [-0.39, 0.29) is 43.9 Å². The maximum atomic E-state index is 13.7. The zero-order chi connectivity index (χ0) is 39.1. The highest BCUT2D eigenvalue weighted by Crippen LogP contribution is 2.44. The van der Waals surface area contributed by atoms with Crippen LogP contribution in [-0.2, 0) is 53.2 Å². The van der Waals surface area contributed by atoms with E-state index in [9.17, 15) is 19.2 Å². The third kappa shape index (κ3) is 11.1. The van der Waals surface area contributed by atoms with E-state index in [4.69, 9.17) is 18.9 Å². The third-order valence-electron chi connectivity index (χ3n) is 9.22. The Balaban J connectivity index is 1.11. The normalized spacial score (nSPS) is 13.3. The molecule has 2 N–H and O–H groups in total. The van der Waals surface area contributed by atoms with E-state index in [2.05, 4.69) is 10.6 Å². The number of ether oxygens (including phenoxy) is 4. The molecule has 0 aliphatic heterocycles. The van der Waals surface area contributed by atoms with Crippen LogP contribution in [0.4, 0.5) is 4.79 Å². The SMILES string of the molecule is C[C@@H](NC(=O)[C@@H](CSCC(OCc1ccccc1)C(=O)OCc1ccccc1)NC(=O)OCC1c2ccccc2-c2ccccc21)C(=O)OCc1ccccc1. The number of benzene rings is 5. The Kier molecular flexibility index (Phi) is 14.3. The Hall–Kier alpha value is -5.91. The lowest BCUT2D eigenvalue weighted by molar-refractivity contribution is -0.157. The van der Waals surface area contributed by atoms with Gasteiger partial charge >= 0.3 is 18.0 Å². The highest BCUT2D eigenvalue weighted by molar-refractivity contribution is 7.99. The zero-order valence-corrected chi connectivity index (χ0v) is 31.8. The Bertz CT molecular complexity index is 2020. The molecule has 1 aliphatic carbocycles. The number of nitrogens with one attached hydrogen (secondary N) is 2. The molecule has 2 amide bonds. The van der Waals surface area contributed by atoms with Gasteiger partial charge in [-0.15, -0.1) is 0 Å². The summed E-state index contributed by atoms with van der Waals surface area (Å²) in [6, 6.07) is 41.8. The highest BCUT2D eigenvalue weighted by atomic mass is 32.2. The lowest BCUT2D eigenvalue weighted by Crippen LogP contribution is -2.52.